The van der Waals surface area contributed by atoms with E-state index in [-0.39, 0.29) is 6.61 Å². The Kier molecular flexibility index (Phi) is 9.29. The van der Waals surface area contributed by atoms with Crippen LogP contribution in [0.3, 0.4) is 0 Å². The first-order valence-corrected chi connectivity index (χ1v) is 10.2. The molecule has 2 aromatic rings. The van der Waals surface area contributed by atoms with Crippen LogP contribution >= 0.6 is 0 Å². The highest BCUT2D eigenvalue weighted by atomic mass is 16.5. The lowest BCUT2D eigenvalue weighted by molar-refractivity contribution is 0.0637. The lowest BCUT2D eigenvalue weighted by Gasteiger charge is -2.26. The van der Waals surface area contributed by atoms with Crippen LogP contribution in [0.4, 0.5) is 0 Å². The van der Waals surface area contributed by atoms with Crippen molar-refractivity contribution in [2.45, 2.75) is 39.8 Å². The summed E-state index contributed by atoms with van der Waals surface area (Å²) in [6.45, 7) is 8.90. The number of hydrogen-bond acceptors (Lipinski definition) is 5. The lowest BCUT2D eigenvalue weighted by atomic mass is 10.1. The molecular formula is C24H35NO4. The first kappa shape index (κ1) is 23.0. The van der Waals surface area contributed by atoms with E-state index in [2.05, 4.69) is 18.7 Å². The molecular weight excluding hydrogens is 366 g/mol. The molecule has 0 radical (unpaired) electrons. The van der Waals surface area contributed by atoms with Crippen molar-refractivity contribution in [1.82, 2.24) is 4.90 Å². The van der Waals surface area contributed by atoms with Crippen molar-refractivity contribution in [2.75, 3.05) is 33.9 Å². The van der Waals surface area contributed by atoms with Crippen molar-refractivity contribution in [3.05, 3.63) is 53.6 Å². The highest BCUT2D eigenvalue weighted by molar-refractivity contribution is 5.42. The standard InChI is InChI=1S/C24H35NO4/c1-18(2)12-13-25(15-20-10-11-23(27-4)24(14-20)28-5)16-21(26)17-29-22-9-7-6-8-19(22)3/h6-11,14,18,21,26H,12-13,15-17H2,1-5H3/t21-/m0/s1. The van der Waals surface area contributed by atoms with Crippen molar-refractivity contribution in [1.29, 1.82) is 0 Å². The maximum absolute atomic E-state index is 10.6. The maximum atomic E-state index is 10.6. The Morgan fingerprint density at radius 1 is 0.966 bits per heavy atom. The zero-order chi connectivity index (χ0) is 21.2. The molecule has 0 aliphatic carbocycles. The van der Waals surface area contributed by atoms with Gasteiger partial charge in [0.25, 0.3) is 0 Å². The summed E-state index contributed by atoms with van der Waals surface area (Å²) >= 11 is 0. The molecule has 29 heavy (non-hydrogen) atoms. The van der Waals surface area contributed by atoms with Gasteiger partial charge in [0.1, 0.15) is 18.5 Å². The number of hydrogen-bond donors (Lipinski definition) is 1. The summed E-state index contributed by atoms with van der Waals surface area (Å²) < 4.78 is 16.6. The second kappa shape index (κ2) is 11.7. The van der Waals surface area contributed by atoms with Crippen LogP contribution in [0.25, 0.3) is 0 Å². The molecule has 0 amide bonds. The van der Waals surface area contributed by atoms with Gasteiger partial charge >= 0.3 is 0 Å². The summed E-state index contributed by atoms with van der Waals surface area (Å²) in [6, 6.07) is 13.8. The van der Waals surface area contributed by atoms with Crippen molar-refractivity contribution in [3.8, 4) is 17.2 Å². The Labute approximate surface area is 175 Å². The number of para-hydroxylation sites is 1. The minimum atomic E-state index is -0.568. The smallest absolute Gasteiger partial charge is 0.161 e. The molecule has 2 aromatic carbocycles. The molecule has 0 aliphatic heterocycles. The quantitative estimate of drug-likeness (QED) is 0.575. The molecule has 5 nitrogen and oxygen atoms in total. The Hall–Kier alpha value is -2.24. The van der Waals surface area contributed by atoms with Crippen LogP contribution < -0.4 is 14.2 Å². The van der Waals surface area contributed by atoms with Gasteiger partial charge in [0.15, 0.2) is 11.5 Å². The highest BCUT2D eigenvalue weighted by Crippen LogP contribution is 2.28. The molecule has 0 saturated heterocycles. The molecule has 0 unspecified atom stereocenters. The topological polar surface area (TPSA) is 51.2 Å². The van der Waals surface area contributed by atoms with Crippen molar-refractivity contribution >= 4 is 0 Å². The van der Waals surface area contributed by atoms with Crippen LogP contribution in [0.1, 0.15) is 31.4 Å². The van der Waals surface area contributed by atoms with Crippen molar-refractivity contribution in [3.63, 3.8) is 0 Å². The average molecular weight is 402 g/mol. The van der Waals surface area contributed by atoms with E-state index in [0.29, 0.717) is 12.5 Å². The third kappa shape index (κ3) is 7.59. The molecule has 0 bridgehead atoms. The molecule has 2 rings (SSSR count). The number of nitrogens with zero attached hydrogens (tertiary/aromatic N) is 1. The van der Waals surface area contributed by atoms with Crippen LogP contribution in [0.5, 0.6) is 17.2 Å². The van der Waals surface area contributed by atoms with E-state index in [1.54, 1.807) is 14.2 Å². The maximum Gasteiger partial charge on any atom is 0.161 e. The number of aliphatic hydroxyl groups is 1. The number of benzene rings is 2. The Bertz CT molecular complexity index is 747. The van der Waals surface area contributed by atoms with E-state index in [0.717, 1.165) is 47.9 Å². The van der Waals surface area contributed by atoms with Gasteiger partial charge in [0, 0.05) is 13.1 Å². The summed E-state index contributed by atoms with van der Waals surface area (Å²) in [4.78, 5) is 2.27. The number of methoxy groups -OCH3 is 2. The van der Waals surface area contributed by atoms with Crippen molar-refractivity contribution in [2.24, 2.45) is 5.92 Å². The fourth-order valence-corrected chi connectivity index (χ4v) is 3.17. The van der Waals surface area contributed by atoms with Gasteiger partial charge in [-0.25, -0.2) is 0 Å². The van der Waals surface area contributed by atoms with E-state index < -0.39 is 6.10 Å². The molecule has 0 fully saturated rings. The van der Waals surface area contributed by atoms with Gasteiger partial charge in [-0.15, -0.1) is 0 Å². The van der Waals surface area contributed by atoms with Gasteiger partial charge in [-0.3, -0.25) is 4.90 Å². The Morgan fingerprint density at radius 2 is 1.69 bits per heavy atom. The van der Waals surface area contributed by atoms with Gasteiger partial charge < -0.3 is 19.3 Å². The lowest BCUT2D eigenvalue weighted by Crippen LogP contribution is -2.36. The van der Waals surface area contributed by atoms with Crippen LogP contribution in [0.2, 0.25) is 0 Å². The third-order valence-corrected chi connectivity index (χ3v) is 4.87. The summed E-state index contributed by atoms with van der Waals surface area (Å²) in [5.74, 6) is 2.86. The van der Waals surface area contributed by atoms with Crippen LogP contribution in [0, 0.1) is 12.8 Å². The largest absolute Gasteiger partial charge is 0.493 e. The van der Waals surface area contributed by atoms with Crippen LogP contribution in [0.15, 0.2) is 42.5 Å². The van der Waals surface area contributed by atoms with Gasteiger partial charge in [0.2, 0.25) is 0 Å². The monoisotopic (exact) mass is 401 g/mol. The molecule has 0 aliphatic rings. The third-order valence-electron chi connectivity index (χ3n) is 4.87. The van der Waals surface area contributed by atoms with E-state index in [4.69, 9.17) is 14.2 Å². The molecule has 1 N–H and O–H groups in total. The van der Waals surface area contributed by atoms with Gasteiger partial charge in [-0.1, -0.05) is 38.1 Å². The molecule has 0 saturated carbocycles. The molecule has 0 heterocycles. The fourth-order valence-electron chi connectivity index (χ4n) is 3.17. The van der Waals surface area contributed by atoms with E-state index in [1.807, 2.05) is 49.4 Å². The van der Waals surface area contributed by atoms with E-state index in [1.165, 1.54) is 0 Å². The summed E-state index contributed by atoms with van der Waals surface area (Å²) in [7, 11) is 3.28. The predicted molar refractivity (Wildman–Crippen MR) is 117 cm³/mol. The van der Waals surface area contributed by atoms with Crippen LogP contribution in [-0.4, -0.2) is 50.0 Å². The highest BCUT2D eigenvalue weighted by Gasteiger charge is 2.15. The summed E-state index contributed by atoms with van der Waals surface area (Å²) in [5.41, 5.74) is 2.19. The van der Waals surface area contributed by atoms with Crippen LogP contribution in [-0.2, 0) is 6.54 Å². The predicted octanol–water partition coefficient (Wildman–Crippen LogP) is 4.30. The molecule has 1 atom stereocenters. The van der Waals surface area contributed by atoms with Crippen molar-refractivity contribution < 1.29 is 19.3 Å². The fraction of sp³-hybridized carbons (Fsp3) is 0.500. The number of aryl methyl sites for hydroxylation is 1. The minimum absolute atomic E-state index is 0.273. The first-order valence-electron chi connectivity index (χ1n) is 10.2. The normalized spacial score (nSPS) is 12.3. The van der Waals surface area contributed by atoms with E-state index in [9.17, 15) is 5.11 Å². The second-order valence-corrected chi connectivity index (χ2v) is 7.84. The van der Waals surface area contributed by atoms with Gasteiger partial charge in [-0.2, -0.15) is 0 Å². The van der Waals surface area contributed by atoms with Gasteiger partial charge in [0.05, 0.1) is 14.2 Å². The first-order chi connectivity index (χ1) is 13.9. The Morgan fingerprint density at radius 3 is 2.34 bits per heavy atom. The number of ether oxygens (including phenoxy) is 3. The molecule has 160 valence electrons. The van der Waals surface area contributed by atoms with E-state index >= 15 is 0 Å². The number of rotatable bonds is 12. The summed E-state index contributed by atoms with van der Waals surface area (Å²) in [5, 5.41) is 10.6. The zero-order valence-electron chi connectivity index (χ0n) is 18.4. The minimum Gasteiger partial charge on any atom is -0.493 e. The Balaban J connectivity index is 2.00. The molecule has 0 spiro atoms. The molecule has 5 heteroatoms. The average Bonchev–Trinajstić information content (AvgIpc) is 2.71. The number of aliphatic hydroxyl groups excluding tert-OH is 1. The molecule has 0 aromatic heterocycles. The zero-order valence-corrected chi connectivity index (χ0v) is 18.4. The summed E-state index contributed by atoms with van der Waals surface area (Å²) in [6.07, 6.45) is 0.500. The van der Waals surface area contributed by atoms with Gasteiger partial charge in [-0.05, 0) is 55.1 Å². The second-order valence-electron chi connectivity index (χ2n) is 7.84. The SMILES string of the molecule is COc1ccc(CN(CCC(C)C)C[C@H](O)COc2ccccc2C)cc1OC.